The first kappa shape index (κ1) is 23.1. The number of rotatable bonds is 10. The van der Waals surface area contributed by atoms with Crippen molar-refractivity contribution in [2.45, 2.75) is 25.9 Å². The van der Waals surface area contributed by atoms with Crippen LogP contribution < -0.4 is 15.4 Å². The minimum Gasteiger partial charge on any atom is -0.484 e. The van der Waals surface area contributed by atoms with Crippen molar-refractivity contribution in [2.75, 3.05) is 11.9 Å². The van der Waals surface area contributed by atoms with E-state index < -0.39 is 12.0 Å². The van der Waals surface area contributed by atoms with Crippen molar-refractivity contribution >= 4 is 28.5 Å². The standard InChI is InChI=1S/C27H27N3O4/c1-18-6-10-21(11-7-18)30-26(31)17-34-22-12-8-19(9-13-22)15-28-25(27(32)33)14-20-16-29-24-5-3-2-4-23(20)24/h2-13,16,25,28-29H,14-15,17H2,1H3,(H,30,31)(H,32,33)/t25-/m0/s1. The third-order valence-electron chi connectivity index (χ3n) is 5.58. The van der Waals surface area contributed by atoms with Crippen LogP contribution in [0.25, 0.3) is 10.9 Å². The van der Waals surface area contributed by atoms with Crippen LogP contribution >= 0.6 is 0 Å². The number of aromatic amines is 1. The van der Waals surface area contributed by atoms with E-state index in [1.165, 1.54) is 0 Å². The second-order valence-corrected chi connectivity index (χ2v) is 8.18. The average Bonchev–Trinajstić information content (AvgIpc) is 3.25. The monoisotopic (exact) mass is 457 g/mol. The lowest BCUT2D eigenvalue weighted by molar-refractivity contribution is -0.139. The maximum atomic E-state index is 12.1. The lowest BCUT2D eigenvalue weighted by atomic mass is 10.0. The van der Waals surface area contributed by atoms with Crippen molar-refractivity contribution in [1.82, 2.24) is 10.3 Å². The molecule has 0 aliphatic rings. The number of H-pyrrole nitrogens is 1. The van der Waals surface area contributed by atoms with Crippen LogP contribution in [0.4, 0.5) is 5.69 Å². The summed E-state index contributed by atoms with van der Waals surface area (Å²) >= 11 is 0. The first-order valence-electron chi connectivity index (χ1n) is 11.1. The highest BCUT2D eigenvalue weighted by molar-refractivity contribution is 5.91. The highest BCUT2D eigenvalue weighted by Crippen LogP contribution is 2.19. The molecule has 0 aliphatic carbocycles. The summed E-state index contributed by atoms with van der Waals surface area (Å²) in [5.74, 6) is -0.572. The molecule has 1 aromatic heterocycles. The Hall–Kier alpha value is -4.10. The van der Waals surface area contributed by atoms with Crippen LogP contribution in [0.15, 0.2) is 79.0 Å². The number of fused-ring (bicyclic) bond motifs is 1. The lowest BCUT2D eigenvalue weighted by Crippen LogP contribution is -2.38. The van der Waals surface area contributed by atoms with E-state index in [1.807, 2.05) is 73.8 Å². The predicted molar refractivity (Wildman–Crippen MR) is 132 cm³/mol. The van der Waals surface area contributed by atoms with E-state index in [-0.39, 0.29) is 12.5 Å². The van der Waals surface area contributed by atoms with Crippen LogP contribution in [0, 0.1) is 6.92 Å². The molecule has 4 aromatic rings. The second kappa shape index (κ2) is 10.7. The number of carboxylic acid groups (broad SMARTS) is 1. The molecule has 0 spiro atoms. The molecule has 4 rings (SSSR count). The number of anilines is 1. The number of para-hydroxylation sites is 1. The third kappa shape index (κ3) is 6.02. The lowest BCUT2D eigenvalue weighted by Gasteiger charge is -2.14. The fourth-order valence-corrected chi connectivity index (χ4v) is 3.69. The van der Waals surface area contributed by atoms with Gasteiger partial charge in [-0.3, -0.25) is 9.59 Å². The van der Waals surface area contributed by atoms with Gasteiger partial charge in [0, 0.05) is 35.8 Å². The van der Waals surface area contributed by atoms with Gasteiger partial charge in [-0.25, -0.2) is 0 Å². The van der Waals surface area contributed by atoms with Crippen molar-refractivity contribution in [2.24, 2.45) is 0 Å². The maximum Gasteiger partial charge on any atom is 0.321 e. The first-order valence-corrected chi connectivity index (χ1v) is 11.1. The summed E-state index contributed by atoms with van der Waals surface area (Å²) < 4.78 is 5.56. The van der Waals surface area contributed by atoms with Crippen LogP contribution in [0.3, 0.4) is 0 Å². The number of ether oxygens (including phenoxy) is 1. The number of aryl methyl sites for hydroxylation is 1. The molecule has 7 nitrogen and oxygen atoms in total. The van der Waals surface area contributed by atoms with Gasteiger partial charge in [0.05, 0.1) is 0 Å². The topological polar surface area (TPSA) is 103 Å². The molecule has 0 saturated heterocycles. The van der Waals surface area contributed by atoms with E-state index >= 15 is 0 Å². The number of carboxylic acids is 1. The van der Waals surface area contributed by atoms with Crippen LogP contribution in [0.5, 0.6) is 5.75 Å². The Morgan fingerprint density at radius 1 is 1.00 bits per heavy atom. The summed E-state index contributed by atoms with van der Waals surface area (Å²) in [6.45, 7) is 2.28. The number of nitrogens with one attached hydrogen (secondary N) is 3. The summed E-state index contributed by atoms with van der Waals surface area (Å²) in [5.41, 5.74) is 4.72. The summed E-state index contributed by atoms with van der Waals surface area (Å²) in [4.78, 5) is 27.1. The molecule has 0 saturated carbocycles. The number of aromatic nitrogens is 1. The summed E-state index contributed by atoms with van der Waals surface area (Å²) in [5, 5.41) is 16.6. The Bertz CT molecular complexity index is 1260. The number of carbonyl (C=O) groups is 2. The van der Waals surface area contributed by atoms with Gasteiger partial charge in [0.2, 0.25) is 0 Å². The van der Waals surface area contributed by atoms with Gasteiger partial charge in [-0.05, 0) is 48.4 Å². The van der Waals surface area contributed by atoms with Gasteiger partial charge in [0.25, 0.3) is 5.91 Å². The van der Waals surface area contributed by atoms with Gasteiger partial charge in [0.15, 0.2) is 6.61 Å². The summed E-state index contributed by atoms with van der Waals surface area (Å²) in [6.07, 6.45) is 2.24. The Kier molecular flexibility index (Phi) is 7.25. The van der Waals surface area contributed by atoms with Crippen molar-refractivity contribution < 1.29 is 19.4 Å². The molecule has 1 heterocycles. The molecule has 34 heavy (non-hydrogen) atoms. The number of amides is 1. The van der Waals surface area contributed by atoms with Crippen LogP contribution in [0.2, 0.25) is 0 Å². The number of benzene rings is 3. The number of hydrogen-bond donors (Lipinski definition) is 4. The summed E-state index contributed by atoms with van der Waals surface area (Å²) in [6, 6.07) is 21.9. The van der Waals surface area contributed by atoms with Crippen molar-refractivity contribution in [1.29, 1.82) is 0 Å². The summed E-state index contributed by atoms with van der Waals surface area (Å²) in [7, 11) is 0. The Balaban J connectivity index is 1.27. The minimum absolute atomic E-state index is 0.100. The van der Waals surface area contributed by atoms with Crippen molar-refractivity contribution in [3.63, 3.8) is 0 Å². The molecule has 0 fully saturated rings. The largest absolute Gasteiger partial charge is 0.484 e. The molecule has 174 valence electrons. The molecule has 7 heteroatoms. The SMILES string of the molecule is Cc1ccc(NC(=O)COc2ccc(CN[C@@H](Cc3c[nH]c4ccccc34)C(=O)O)cc2)cc1. The van der Waals surface area contributed by atoms with Crippen LogP contribution in [-0.4, -0.2) is 34.6 Å². The molecule has 1 amide bonds. The van der Waals surface area contributed by atoms with Gasteiger partial charge in [-0.2, -0.15) is 0 Å². The Labute approximate surface area is 197 Å². The molecule has 0 unspecified atom stereocenters. The normalized spacial score (nSPS) is 11.8. The molecule has 0 bridgehead atoms. The van der Waals surface area contributed by atoms with Gasteiger partial charge in [-0.1, -0.05) is 48.0 Å². The smallest absolute Gasteiger partial charge is 0.321 e. The second-order valence-electron chi connectivity index (χ2n) is 8.18. The Morgan fingerprint density at radius 3 is 2.47 bits per heavy atom. The molecule has 0 aliphatic heterocycles. The fraction of sp³-hybridized carbons (Fsp3) is 0.185. The zero-order valence-electron chi connectivity index (χ0n) is 18.9. The quantitative estimate of drug-likeness (QED) is 0.285. The van der Waals surface area contributed by atoms with E-state index in [9.17, 15) is 14.7 Å². The highest BCUT2D eigenvalue weighted by atomic mass is 16.5. The first-order chi connectivity index (χ1) is 16.5. The van der Waals surface area contributed by atoms with E-state index in [2.05, 4.69) is 15.6 Å². The van der Waals surface area contributed by atoms with E-state index in [1.54, 1.807) is 12.1 Å². The van der Waals surface area contributed by atoms with E-state index in [4.69, 9.17) is 4.74 Å². The van der Waals surface area contributed by atoms with Crippen LogP contribution in [-0.2, 0) is 22.6 Å². The van der Waals surface area contributed by atoms with Crippen LogP contribution in [0.1, 0.15) is 16.7 Å². The number of carbonyl (C=O) groups excluding carboxylic acids is 1. The minimum atomic E-state index is -0.898. The third-order valence-corrected chi connectivity index (χ3v) is 5.58. The number of aliphatic carboxylic acids is 1. The molecular formula is C27H27N3O4. The number of hydrogen-bond acceptors (Lipinski definition) is 4. The van der Waals surface area contributed by atoms with Gasteiger partial charge < -0.3 is 25.5 Å². The zero-order valence-corrected chi connectivity index (χ0v) is 18.9. The van der Waals surface area contributed by atoms with E-state index in [0.717, 1.165) is 33.3 Å². The molecular weight excluding hydrogens is 430 g/mol. The molecule has 0 radical (unpaired) electrons. The fourth-order valence-electron chi connectivity index (χ4n) is 3.69. The van der Waals surface area contributed by atoms with Crippen molar-refractivity contribution in [3.8, 4) is 5.75 Å². The maximum absolute atomic E-state index is 12.1. The molecule has 3 aromatic carbocycles. The predicted octanol–water partition coefficient (Wildman–Crippen LogP) is 4.28. The molecule has 1 atom stereocenters. The van der Waals surface area contributed by atoms with Gasteiger partial charge in [-0.15, -0.1) is 0 Å². The Morgan fingerprint density at radius 2 is 1.74 bits per heavy atom. The average molecular weight is 458 g/mol. The highest BCUT2D eigenvalue weighted by Gasteiger charge is 2.19. The van der Waals surface area contributed by atoms with Gasteiger partial charge in [0.1, 0.15) is 11.8 Å². The van der Waals surface area contributed by atoms with E-state index in [0.29, 0.717) is 18.7 Å². The zero-order chi connectivity index (χ0) is 23.9. The molecule has 4 N–H and O–H groups in total. The van der Waals surface area contributed by atoms with Crippen molar-refractivity contribution in [3.05, 3.63) is 95.7 Å². The van der Waals surface area contributed by atoms with Gasteiger partial charge >= 0.3 is 5.97 Å².